The Bertz CT molecular complexity index is 1380. The quantitative estimate of drug-likeness (QED) is 0.245. The molecule has 4 aliphatic rings. The van der Waals surface area contributed by atoms with Gasteiger partial charge in [0, 0.05) is 50.7 Å². The lowest BCUT2D eigenvalue weighted by atomic mass is 9.88. The number of ketones is 1. The van der Waals surface area contributed by atoms with Gasteiger partial charge in [0.15, 0.2) is 11.6 Å². The molecule has 6 atom stereocenters. The zero-order valence-corrected chi connectivity index (χ0v) is 25.5. The van der Waals surface area contributed by atoms with Crippen LogP contribution in [0.4, 0.5) is 32.0 Å². The highest BCUT2D eigenvalue weighted by atomic mass is 19.4. The van der Waals surface area contributed by atoms with Gasteiger partial charge >= 0.3 is 6.18 Å². The SMILES string of the molecule is O=C1NCCC[C@H]1C[C@H](NC(=O)[C@@H]1[C@H]2CCC[C@H]2CN1C(=O)[C@@H](CCC(F)(F)F)Nc1c(F)cc(F)cc1F)C(=O)C(=O)N1CCC1. The summed E-state index contributed by atoms with van der Waals surface area (Å²) in [6.45, 7) is 1.15. The number of amides is 4. The molecule has 5 rings (SSSR count). The molecule has 1 aromatic rings. The van der Waals surface area contributed by atoms with Crippen molar-refractivity contribution in [2.75, 3.05) is 31.5 Å². The molecule has 3 heterocycles. The van der Waals surface area contributed by atoms with Gasteiger partial charge in [-0.3, -0.25) is 24.0 Å². The molecule has 47 heavy (non-hydrogen) atoms. The molecule has 1 aliphatic carbocycles. The molecule has 1 aromatic carbocycles. The van der Waals surface area contributed by atoms with E-state index in [-0.39, 0.29) is 24.8 Å². The molecular weight excluding hydrogens is 636 g/mol. The Morgan fingerprint density at radius 2 is 1.66 bits per heavy atom. The molecule has 0 aromatic heterocycles. The van der Waals surface area contributed by atoms with Crippen molar-refractivity contribution in [2.45, 2.75) is 82.1 Å². The zero-order valence-electron chi connectivity index (χ0n) is 25.5. The average Bonchev–Trinajstić information content (AvgIpc) is 3.56. The van der Waals surface area contributed by atoms with E-state index in [9.17, 15) is 50.3 Å². The van der Waals surface area contributed by atoms with E-state index >= 15 is 0 Å². The third-order valence-corrected chi connectivity index (χ3v) is 9.69. The van der Waals surface area contributed by atoms with Crippen LogP contribution < -0.4 is 16.0 Å². The lowest BCUT2D eigenvalue weighted by molar-refractivity contribution is -0.150. The molecule has 3 N–H and O–H groups in total. The fourth-order valence-corrected chi connectivity index (χ4v) is 7.15. The molecule has 4 amide bonds. The Morgan fingerprint density at radius 3 is 2.28 bits per heavy atom. The van der Waals surface area contributed by atoms with Crippen molar-refractivity contribution < 1.29 is 50.3 Å². The van der Waals surface area contributed by atoms with E-state index in [1.165, 1.54) is 4.90 Å². The highest BCUT2D eigenvalue weighted by Crippen LogP contribution is 2.43. The van der Waals surface area contributed by atoms with Gasteiger partial charge < -0.3 is 25.8 Å². The predicted octanol–water partition coefficient (Wildman–Crippen LogP) is 3.06. The van der Waals surface area contributed by atoms with Gasteiger partial charge in [0.25, 0.3) is 5.91 Å². The Labute approximate surface area is 267 Å². The molecule has 0 unspecified atom stereocenters. The third kappa shape index (κ3) is 7.83. The summed E-state index contributed by atoms with van der Waals surface area (Å²) in [5.41, 5.74) is -0.992. The van der Waals surface area contributed by atoms with Gasteiger partial charge in [-0.05, 0) is 56.8 Å². The van der Waals surface area contributed by atoms with Crippen LogP contribution in [0.15, 0.2) is 12.1 Å². The van der Waals surface area contributed by atoms with Gasteiger partial charge in [-0.2, -0.15) is 13.2 Å². The third-order valence-electron chi connectivity index (χ3n) is 9.69. The van der Waals surface area contributed by atoms with Crippen LogP contribution in [0.2, 0.25) is 0 Å². The second-order valence-corrected chi connectivity index (χ2v) is 12.8. The lowest BCUT2D eigenvalue weighted by Crippen LogP contribution is -2.58. The maximum atomic E-state index is 14.5. The van der Waals surface area contributed by atoms with Crippen molar-refractivity contribution in [3.8, 4) is 0 Å². The number of likely N-dealkylation sites (tertiary alicyclic amines) is 2. The second kappa shape index (κ2) is 14.1. The lowest BCUT2D eigenvalue weighted by Gasteiger charge is -2.34. The number of fused-ring (bicyclic) bond motifs is 1. The van der Waals surface area contributed by atoms with Gasteiger partial charge in [0.2, 0.25) is 23.5 Å². The summed E-state index contributed by atoms with van der Waals surface area (Å²) in [5.74, 6) is -9.38. The number of benzene rings is 1. The number of halogens is 6. The minimum absolute atomic E-state index is 0.0312. The molecule has 3 aliphatic heterocycles. The normalized spacial score (nSPS) is 25.4. The number of nitrogens with one attached hydrogen (secondary N) is 3. The Kier molecular flexibility index (Phi) is 10.3. The monoisotopic (exact) mass is 673 g/mol. The standard InChI is InChI=1S/C31H37F6N5O5/c32-18-13-20(33)24(21(34)14-18)39-22(7-8-31(35,36)37)29(46)42-15-17-4-1-6-19(17)25(42)28(45)40-23(12-16-5-2-9-38-27(16)44)26(43)30(47)41-10-3-11-41/h13-14,16-17,19,22-23,25,39H,1-12,15H2,(H,38,44)(H,40,45)/t16-,17-,19-,22+,23-,25-/m0/s1. The molecule has 16 heteroatoms. The number of hydrogen-bond donors (Lipinski definition) is 3. The molecule has 10 nitrogen and oxygen atoms in total. The molecule has 0 bridgehead atoms. The Morgan fingerprint density at radius 1 is 0.957 bits per heavy atom. The van der Waals surface area contributed by atoms with Crippen LogP contribution in [0.25, 0.3) is 0 Å². The number of piperidine rings is 1. The Balaban J connectivity index is 1.41. The van der Waals surface area contributed by atoms with Crippen LogP contribution in [0, 0.1) is 35.2 Å². The molecule has 0 radical (unpaired) electrons. The largest absolute Gasteiger partial charge is 0.389 e. The molecule has 3 saturated heterocycles. The van der Waals surface area contributed by atoms with Gasteiger partial charge in [-0.15, -0.1) is 0 Å². The topological polar surface area (TPSA) is 128 Å². The number of carbonyl (C=O) groups excluding carboxylic acids is 5. The number of rotatable bonds is 11. The second-order valence-electron chi connectivity index (χ2n) is 12.8. The van der Waals surface area contributed by atoms with Crippen molar-refractivity contribution in [3.63, 3.8) is 0 Å². The summed E-state index contributed by atoms with van der Waals surface area (Å²) in [5, 5.41) is 7.50. The summed E-state index contributed by atoms with van der Waals surface area (Å²) in [7, 11) is 0. The number of hydrogen-bond acceptors (Lipinski definition) is 6. The van der Waals surface area contributed by atoms with Crippen molar-refractivity contribution in [3.05, 3.63) is 29.6 Å². The number of anilines is 1. The molecular formula is C31H37F6N5O5. The van der Waals surface area contributed by atoms with Crippen LogP contribution in [-0.2, 0) is 24.0 Å². The average molecular weight is 674 g/mol. The summed E-state index contributed by atoms with van der Waals surface area (Å²) in [6.07, 6.45) is -3.78. The van der Waals surface area contributed by atoms with E-state index < -0.39 is 95.6 Å². The minimum atomic E-state index is -4.74. The van der Waals surface area contributed by atoms with Crippen LogP contribution >= 0.6 is 0 Å². The van der Waals surface area contributed by atoms with Gasteiger partial charge in [-0.1, -0.05) is 6.42 Å². The van der Waals surface area contributed by atoms with Gasteiger partial charge in [0.1, 0.15) is 23.6 Å². The number of carbonyl (C=O) groups is 5. The van der Waals surface area contributed by atoms with Crippen molar-refractivity contribution in [1.29, 1.82) is 0 Å². The van der Waals surface area contributed by atoms with Crippen LogP contribution in [0.3, 0.4) is 0 Å². The minimum Gasteiger partial charge on any atom is -0.369 e. The van der Waals surface area contributed by atoms with Crippen LogP contribution in [0.1, 0.15) is 57.8 Å². The van der Waals surface area contributed by atoms with Gasteiger partial charge in [0.05, 0.1) is 6.04 Å². The number of nitrogens with zero attached hydrogens (tertiary/aromatic N) is 2. The summed E-state index contributed by atoms with van der Waals surface area (Å²) in [6, 6.07) is -3.88. The highest BCUT2D eigenvalue weighted by Gasteiger charge is 2.51. The molecule has 0 spiro atoms. The van der Waals surface area contributed by atoms with Crippen LogP contribution in [-0.4, -0.2) is 89.7 Å². The number of Topliss-reactive ketones (excluding diaryl/α,β-unsaturated/α-hetero) is 1. The molecule has 258 valence electrons. The summed E-state index contributed by atoms with van der Waals surface area (Å²) < 4.78 is 82.4. The maximum absolute atomic E-state index is 14.5. The summed E-state index contributed by atoms with van der Waals surface area (Å²) in [4.78, 5) is 69.2. The van der Waals surface area contributed by atoms with Crippen molar-refractivity contribution in [1.82, 2.24) is 20.4 Å². The predicted molar refractivity (Wildman–Crippen MR) is 154 cm³/mol. The van der Waals surface area contributed by atoms with E-state index in [0.717, 1.165) is 4.90 Å². The Hall–Kier alpha value is -3.85. The van der Waals surface area contributed by atoms with E-state index in [1.54, 1.807) is 0 Å². The smallest absolute Gasteiger partial charge is 0.369 e. The van der Waals surface area contributed by atoms with E-state index in [2.05, 4.69) is 16.0 Å². The van der Waals surface area contributed by atoms with E-state index in [4.69, 9.17) is 0 Å². The molecule has 4 fully saturated rings. The van der Waals surface area contributed by atoms with E-state index in [1.807, 2.05) is 0 Å². The van der Waals surface area contributed by atoms with Crippen molar-refractivity contribution in [2.24, 2.45) is 17.8 Å². The van der Waals surface area contributed by atoms with E-state index in [0.29, 0.717) is 70.3 Å². The fourth-order valence-electron chi connectivity index (χ4n) is 7.15. The first-order valence-corrected chi connectivity index (χ1v) is 15.9. The van der Waals surface area contributed by atoms with Gasteiger partial charge in [-0.25, -0.2) is 13.2 Å². The zero-order chi connectivity index (χ0) is 34.0. The van der Waals surface area contributed by atoms with Crippen LogP contribution in [0.5, 0.6) is 0 Å². The maximum Gasteiger partial charge on any atom is 0.389 e. The molecule has 1 saturated carbocycles. The first kappa shape index (κ1) is 34.5. The highest BCUT2D eigenvalue weighted by molar-refractivity contribution is 6.38. The van der Waals surface area contributed by atoms with Crippen molar-refractivity contribution >= 4 is 35.1 Å². The first-order chi connectivity index (χ1) is 22.2. The summed E-state index contributed by atoms with van der Waals surface area (Å²) >= 11 is 0. The fraction of sp³-hybridized carbons (Fsp3) is 0.645. The first-order valence-electron chi connectivity index (χ1n) is 15.9. The number of alkyl halides is 3.